The molecule has 0 unspecified atom stereocenters. The second-order valence-electron chi connectivity index (χ2n) is 4.16. The van der Waals surface area contributed by atoms with E-state index in [1.54, 1.807) is 0 Å². The molecule has 0 saturated carbocycles. The second-order valence-corrected chi connectivity index (χ2v) is 4.16. The number of hydrogen-bond acceptors (Lipinski definition) is 0. The number of aryl methyl sites for hydroxylation is 1. The van der Waals surface area contributed by atoms with Crippen molar-refractivity contribution in [3.63, 3.8) is 0 Å². The highest BCUT2D eigenvalue weighted by atomic mass is 14.9. The number of benzene rings is 2. The average Bonchev–Trinajstić information content (AvgIpc) is 2.41. The van der Waals surface area contributed by atoms with Crippen LogP contribution in [-0.2, 0) is 6.42 Å². The summed E-state index contributed by atoms with van der Waals surface area (Å²) in [6.45, 7) is 0.927. The molecule has 1 nitrogen and oxygen atoms in total. The van der Waals surface area contributed by atoms with Gasteiger partial charge in [-0.3, -0.25) is 5.32 Å². The molecular weight excluding hydrogens is 206 g/mol. The first-order chi connectivity index (χ1) is 8.45. The van der Waals surface area contributed by atoms with E-state index in [0.29, 0.717) is 0 Å². The Balaban J connectivity index is 1.61. The molecule has 2 aromatic rings. The standard InChI is InChI=1S/C16H18N/c1-3-9-15(10-4-1)11-7-8-14-17-16-12-5-2-6-13-16/h1-6,9-10,12-13H,7-8,11,14H2. The van der Waals surface area contributed by atoms with Gasteiger partial charge in [-0.25, -0.2) is 0 Å². The predicted molar refractivity (Wildman–Crippen MR) is 72.5 cm³/mol. The number of hydrogen-bond donors (Lipinski definition) is 0. The number of para-hydroxylation sites is 1. The first-order valence-corrected chi connectivity index (χ1v) is 6.21. The van der Waals surface area contributed by atoms with Gasteiger partial charge in [-0.2, -0.15) is 0 Å². The quantitative estimate of drug-likeness (QED) is 0.660. The Morgan fingerprint density at radius 3 is 2.06 bits per heavy atom. The summed E-state index contributed by atoms with van der Waals surface area (Å²) in [5.41, 5.74) is 2.51. The summed E-state index contributed by atoms with van der Waals surface area (Å²) in [5.74, 6) is 0. The van der Waals surface area contributed by atoms with Crippen molar-refractivity contribution in [2.45, 2.75) is 19.3 Å². The van der Waals surface area contributed by atoms with E-state index in [-0.39, 0.29) is 0 Å². The molecule has 1 heteroatoms. The zero-order valence-corrected chi connectivity index (χ0v) is 10.0. The van der Waals surface area contributed by atoms with Crippen LogP contribution in [0.15, 0.2) is 60.7 Å². The molecule has 2 aromatic carbocycles. The number of unbranched alkanes of at least 4 members (excludes halogenated alkanes) is 1. The van der Waals surface area contributed by atoms with Crippen molar-refractivity contribution in [3.8, 4) is 0 Å². The molecule has 0 aliphatic carbocycles. The largest absolute Gasteiger partial charge is 0.285 e. The van der Waals surface area contributed by atoms with Gasteiger partial charge < -0.3 is 0 Å². The summed E-state index contributed by atoms with van der Waals surface area (Å²) >= 11 is 0. The zero-order chi connectivity index (χ0) is 11.8. The fourth-order valence-electron chi connectivity index (χ4n) is 1.83. The van der Waals surface area contributed by atoms with Crippen LogP contribution in [0.5, 0.6) is 0 Å². The maximum atomic E-state index is 4.54. The monoisotopic (exact) mass is 224 g/mol. The van der Waals surface area contributed by atoms with Crippen LogP contribution in [0.2, 0.25) is 0 Å². The van der Waals surface area contributed by atoms with Crippen molar-refractivity contribution >= 4 is 5.69 Å². The Hall–Kier alpha value is -1.76. The highest BCUT2D eigenvalue weighted by Gasteiger charge is 1.94. The van der Waals surface area contributed by atoms with E-state index >= 15 is 0 Å². The minimum atomic E-state index is 0.927. The molecule has 0 saturated heterocycles. The van der Waals surface area contributed by atoms with Crippen LogP contribution in [0, 0.1) is 0 Å². The van der Waals surface area contributed by atoms with Crippen LogP contribution in [0.25, 0.3) is 0 Å². The number of rotatable bonds is 6. The highest BCUT2D eigenvalue weighted by Crippen LogP contribution is 2.07. The van der Waals surface area contributed by atoms with E-state index in [9.17, 15) is 0 Å². The van der Waals surface area contributed by atoms with Gasteiger partial charge >= 0.3 is 0 Å². The molecule has 0 aromatic heterocycles. The zero-order valence-electron chi connectivity index (χ0n) is 10.0. The average molecular weight is 224 g/mol. The van der Waals surface area contributed by atoms with Gasteiger partial charge in [0, 0.05) is 6.54 Å². The van der Waals surface area contributed by atoms with Crippen LogP contribution in [0.1, 0.15) is 18.4 Å². The van der Waals surface area contributed by atoms with Gasteiger partial charge in [-0.05, 0) is 37.0 Å². The molecule has 2 rings (SSSR count). The van der Waals surface area contributed by atoms with E-state index in [0.717, 1.165) is 25.1 Å². The summed E-state index contributed by atoms with van der Waals surface area (Å²) in [4.78, 5) is 0. The van der Waals surface area contributed by atoms with E-state index < -0.39 is 0 Å². The smallest absolute Gasteiger partial charge is 0.0574 e. The minimum absolute atomic E-state index is 0.927. The molecule has 0 heterocycles. The third-order valence-electron chi connectivity index (χ3n) is 2.77. The second kappa shape index (κ2) is 6.74. The SMILES string of the molecule is c1ccc(CCCC[N]c2ccccc2)cc1. The van der Waals surface area contributed by atoms with Crippen LogP contribution in [-0.4, -0.2) is 6.54 Å². The Bertz CT molecular complexity index is 367. The van der Waals surface area contributed by atoms with E-state index in [1.807, 2.05) is 18.2 Å². The number of nitrogens with zero attached hydrogens (tertiary/aromatic N) is 1. The Labute approximate surface area is 103 Å². The lowest BCUT2D eigenvalue weighted by Gasteiger charge is -2.03. The first-order valence-electron chi connectivity index (χ1n) is 6.21. The van der Waals surface area contributed by atoms with Crippen molar-refractivity contribution in [2.75, 3.05) is 6.54 Å². The summed E-state index contributed by atoms with van der Waals surface area (Å²) in [6.07, 6.45) is 3.52. The molecule has 0 aliphatic heterocycles. The summed E-state index contributed by atoms with van der Waals surface area (Å²) in [7, 11) is 0. The van der Waals surface area contributed by atoms with Crippen LogP contribution in [0.3, 0.4) is 0 Å². The first kappa shape index (κ1) is 11.7. The van der Waals surface area contributed by atoms with Crippen LogP contribution in [0.4, 0.5) is 5.69 Å². The summed E-state index contributed by atoms with van der Waals surface area (Å²) in [6, 6.07) is 20.8. The Morgan fingerprint density at radius 2 is 1.35 bits per heavy atom. The van der Waals surface area contributed by atoms with Crippen molar-refractivity contribution in [3.05, 3.63) is 66.2 Å². The molecule has 0 atom stereocenters. The van der Waals surface area contributed by atoms with Gasteiger partial charge in [0.15, 0.2) is 0 Å². The molecule has 0 amide bonds. The summed E-state index contributed by atoms with van der Waals surface area (Å²) in [5, 5.41) is 4.54. The van der Waals surface area contributed by atoms with Crippen LogP contribution < -0.4 is 5.32 Å². The lowest BCUT2D eigenvalue weighted by Crippen LogP contribution is -2.00. The third-order valence-corrected chi connectivity index (χ3v) is 2.77. The molecule has 17 heavy (non-hydrogen) atoms. The van der Waals surface area contributed by atoms with Gasteiger partial charge in [0.1, 0.15) is 0 Å². The van der Waals surface area contributed by atoms with Crippen molar-refractivity contribution < 1.29 is 0 Å². The fraction of sp³-hybridized carbons (Fsp3) is 0.250. The molecule has 1 radical (unpaired) electrons. The molecule has 0 N–H and O–H groups in total. The van der Waals surface area contributed by atoms with E-state index in [4.69, 9.17) is 0 Å². The maximum absolute atomic E-state index is 4.54. The predicted octanol–water partition coefficient (Wildman–Crippen LogP) is 3.95. The fourth-order valence-corrected chi connectivity index (χ4v) is 1.83. The minimum Gasteiger partial charge on any atom is -0.285 e. The molecule has 87 valence electrons. The van der Waals surface area contributed by atoms with E-state index in [2.05, 4.69) is 47.8 Å². The normalized spacial score (nSPS) is 10.1. The highest BCUT2D eigenvalue weighted by molar-refractivity contribution is 5.34. The van der Waals surface area contributed by atoms with Gasteiger partial charge in [0.25, 0.3) is 0 Å². The molecule has 0 aliphatic rings. The maximum Gasteiger partial charge on any atom is 0.0574 e. The Kier molecular flexibility index (Phi) is 4.65. The molecule has 0 fully saturated rings. The lowest BCUT2D eigenvalue weighted by atomic mass is 10.1. The lowest BCUT2D eigenvalue weighted by molar-refractivity contribution is 0.693. The molecule has 0 spiro atoms. The topological polar surface area (TPSA) is 14.1 Å². The van der Waals surface area contributed by atoms with Gasteiger partial charge in [-0.1, -0.05) is 48.5 Å². The van der Waals surface area contributed by atoms with Gasteiger partial charge in [-0.15, -0.1) is 0 Å². The van der Waals surface area contributed by atoms with Crippen molar-refractivity contribution in [2.24, 2.45) is 0 Å². The Morgan fingerprint density at radius 1 is 0.706 bits per heavy atom. The van der Waals surface area contributed by atoms with Crippen LogP contribution >= 0.6 is 0 Å². The van der Waals surface area contributed by atoms with Crippen molar-refractivity contribution in [1.29, 1.82) is 0 Å². The third kappa shape index (κ3) is 4.31. The van der Waals surface area contributed by atoms with Gasteiger partial charge in [0.05, 0.1) is 5.69 Å². The molecule has 0 bridgehead atoms. The molecular formula is C16H18N. The van der Waals surface area contributed by atoms with E-state index in [1.165, 1.54) is 12.0 Å². The van der Waals surface area contributed by atoms with Gasteiger partial charge in [0.2, 0.25) is 0 Å². The van der Waals surface area contributed by atoms with Crippen molar-refractivity contribution in [1.82, 2.24) is 5.32 Å². The summed E-state index contributed by atoms with van der Waals surface area (Å²) < 4.78 is 0.